The Balaban J connectivity index is 1.64. The molecule has 0 saturated carbocycles. The van der Waals surface area contributed by atoms with E-state index in [4.69, 9.17) is 0 Å². The van der Waals surface area contributed by atoms with Crippen LogP contribution in [0.5, 0.6) is 0 Å². The number of rotatable bonds is 3. The molecule has 1 saturated heterocycles. The normalized spacial score (nSPS) is 16.8. The van der Waals surface area contributed by atoms with Gasteiger partial charge in [0.05, 0.1) is 5.56 Å². The number of alkyl halides is 3. The van der Waals surface area contributed by atoms with Crippen molar-refractivity contribution in [3.8, 4) is 11.1 Å². The molecule has 5 nitrogen and oxygen atoms in total. The third-order valence-electron chi connectivity index (χ3n) is 5.03. The molecule has 3 heterocycles. The van der Waals surface area contributed by atoms with Gasteiger partial charge in [-0.15, -0.1) is 0 Å². The van der Waals surface area contributed by atoms with Crippen LogP contribution >= 0.6 is 0 Å². The van der Waals surface area contributed by atoms with E-state index in [1.807, 2.05) is 12.1 Å². The van der Waals surface area contributed by atoms with Crippen molar-refractivity contribution in [3.63, 3.8) is 0 Å². The van der Waals surface area contributed by atoms with Gasteiger partial charge in [0.2, 0.25) is 0 Å². The number of likely N-dealkylation sites (tertiary alicyclic amines) is 1. The number of aromatic nitrogens is 3. The number of carbonyl (C=O) groups is 1. The molecule has 1 atom stereocenters. The zero-order chi connectivity index (χ0) is 20.4. The zero-order valence-corrected chi connectivity index (χ0v) is 15.3. The zero-order valence-electron chi connectivity index (χ0n) is 15.3. The third kappa shape index (κ3) is 4.11. The molecule has 1 aliphatic rings. The van der Waals surface area contributed by atoms with E-state index < -0.39 is 17.6 Å². The van der Waals surface area contributed by atoms with Crippen LogP contribution in [0.15, 0.2) is 61.4 Å². The highest BCUT2D eigenvalue weighted by Crippen LogP contribution is 2.34. The molecule has 0 aliphatic carbocycles. The first kappa shape index (κ1) is 19.0. The lowest BCUT2D eigenvalue weighted by atomic mass is 10.00. The number of hydrogen-bond acceptors (Lipinski definition) is 4. The van der Waals surface area contributed by atoms with Gasteiger partial charge in [-0.05, 0) is 41.8 Å². The monoisotopic (exact) mass is 398 g/mol. The Morgan fingerprint density at radius 3 is 2.52 bits per heavy atom. The molecule has 4 rings (SSSR count). The predicted octanol–water partition coefficient (Wildman–Crippen LogP) is 4.19. The van der Waals surface area contributed by atoms with E-state index >= 15 is 0 Å². The molecule has 0 spiro atoms. The molecule has 0 N–H and O–H groups in total. The molecule has 1 aromatic carbocycles. The average Bonchev–Trinajstić information content (AvgIpc) is 3.24. The van der Waals surface area contributed by atoms with Crippen LogP contribution in [-0.2, 0) is 6.18 Å². The summed E-state index contributed by atoms with van der Waals surface area (Å²) < 4.78 is 40.3. The molecule has 1 amide bonds. The minimum absolute atomic E-state index is 0.00511. The van der Waals surface area contributed by atoms with Gasteiger partial charge in [-0.25, -0.2) is 9.97 Å². The first-order chi connectivity index (χ1) is 13.9. The molecule has 1 aliphatic heterocycles. The van der Waals surface area contributed by atoms with Crippen molar-refractivity contribution in [1.29, 1.82) is 0 Å². The van der Waals surface area contributed by atoms with Crippen LogP contribution < -0.4 is 0 Å². The topological polar surface area (TPSA) is 59.0 Å². The molecule has 148 valence electrons. The smallest absolute Gasteiger partial charge is 0.338 e. The van der Waals surface area contributed by atoms with Gasteiger partial charge in [-0.1, -0.05) is 6.07 Å². The van der Waals surface area contributed by atoms with Crippen LogP contribution in [0.2, 0.25) is 0 Å². The lowest BCUT2D eigenvalue weighted by Crippen LogP contribution is -2.28. The van der Waals surface area contributed by atoms with Gasteiger partial charge >= 0.3 is 6.18 Å². The second-order valence-electron chi connectivity index (χ2n) is 6.95. The first-order valence-electron chi connectivity index (χ1n) is 9.08. The van der Waals surface area contributed by atoms with Gasteiger partial charge in [0.25, 0.3) is 5.91 Å². The number of benzene rings is 1. The SMILES string of the molecule is O=C(c1cc(-c2cncnc2)cc(C(F)(F)F)c1)N1CCC(c2cccnc2)C1. The van der Waals surface area contributed by atoms with Crippen molar-refractivity contribution < 1.29 is 18.0 Å². The number of hydrogen-bond donors (Lipinski definition) is 0. The summed E-state index contributed by atoms with van der Waals surface area (Å²) in [6, 6.07) is 7.17. The van der Waals surface area contributed by atoms with Crippen LogP contribution in [0.1, 0.15) is 33.8 Å². The highest BCUT2D eigenvalue weighted by atomic mass is 19.4. The molecule has 1 unspecified atom stereocenters. The molecule has 1 fully saturated rings. The van der Waals surface area contributed by atoms with E-state index in [0.717, 1.165) is 24.1 Å². The summed E-state index contributed by atoms with van der Waals surface area (Å²) in [5, 5.41) is 0. The van der Waals surface area contributed by atoms with Gasteiger partial charge in [-0.2, -0.15) is 13.2 Å². The fourth-order valence-electron chi connectivity index (χ4n) is 3.55. The Labute approximate surface area is 165 Å². The van der Waals surface area contributed by atoms with Crippen LogP contribution in [0, 0.1) is 0 Å². The molecule has 0 radical (unpaired) electrons. The standard InChI is InChI=1S/C21H17F3N4O/c22-21(23,24)19-7-16(18-10-26-13-27-11-18)6-17(8-19)20(29)28-5-3-15(12-28)14-2-1-4-25-9-14/h1-2,4,6-11,13,15H,3,5,12H2. The minimum atomic E-state index is -4.57. The Hall–Kier alpha value is -3.29. The highest BCUT2D eigenvalue weighted by Gasteiger charge is 2.34. The molecule has 3 aromatic rings. The van der Waals surface area contributed by atoms with E-state index in [2.05, 4.69) is 15.0 Å². The number of carbonyl (C=O) groups excluding carboxylic acids is 1. The van der Waals surface area contributed by atoms with Crippen molar-refractivity contribution in [2.45, 2.75) is 18.5 Å². The Bertz CT molecular complexity index is 1010. The second kappa shape index (κ2) is 7.62. The van der Waals surface area contributed by atoms with Gasteiger partial charge in [0.1, 0.15) is 6.33 Å². The maximum absolute atomic E-state index is 13.4. The van der Waals surface area contributed by atoms with Crippen molar-refractivity contribution in [3.05, 3.63) is 78.1 Å². The van der Waals surface area contributed by atoms with E-state index in [0.29, 0.717) is 18.7 Å². The Morgan fingerprint density at radius 1 is 1.03 bits per heavy atom. The number of nitrogens with zero attached hydrogens (tertiary/aromatic N) is 4. The van der Waals surface area contributed by atoms with Crippen LogP contribution in [0.3, 0.4) is 0 Å². The van der Waals surface area contributed by atoms with E-state index in [9.17, 15) is 18.0 Å². The van der Waals surface area contributed by atoms with Crippen molar-refractivity contribution >= 4 is 5.91 Å². The molecular formula is C21H17F3N4O. The molecule has 8 heteroatoms. The highest BCUT2D eigenvalue weighted by molar-refractivity contribution is 5.96. The van der Waals surface area contributed by atoms with Gasteiger partial charge in [0.15, 0.2) is 0 Å². The van der Waals surface area contributed by atoms with Crippen LogP contribution in [-0.4, -0.2) is 38.8 Å². The van der Waals surface area contributed by atoms with E-state index in [1.165, 1.54) is 24.8 Å². The fourth-order valence-corrected chi connectivity index (χ4v) is 3.55. The summed E-state index contributed by atoms with van der Waals surface area (Å²) in [7, 11) is 0. The fraction of sp³-hybridized carbons (Fsp3) is 0.238. The van der Waals surface area contributed by atoms with Crippen molar-refractivity contribution in [1.82, 2.24) is 19.9 Å². The Morgan fingerprint density at radius 2 is 1.83 bits per heavy atom. The van der Waals surface area contributed by atoms with Crippen molar-refractivity contribution in [2.24, 2.45) is 0 Å². The van der Waals surface area contributed by atoms with Crippen molar-refractivity contribution in [2.75, 3.05) is 13.1 Å². The lowest BCUT2D eigenvalue weighted by Gasteiger charge is -2.19. The quantitative estimate of drug-likeness (QED) is 0.664. The van der Waals surface area contributed by atoms with E-state index in [-0.39, 0.29) is 17.0 Å². The average molecular weight is 398 g/mol. The van der Waals surface area contributed by atoms with E-state index in [1.54, 1.807) is 17.3 Å². The maximum Gasteiger partial charge on any atom is 0.416 e. The first-order valence-corrected chi connectivity index (χ1v) is 9.08. The Kier molecular flexibility index (Phi) is 5.00. The summed E-state index contributed by atoms with van der Waals surface area (Å²) >= 11 is 0. The minimum Gasteiger partial charge on any atom is -0.338 e. The largest absolute Gasteiger partial charge is 0.416 e. The number of halogens is 3. The summed E-state index contributed by atoms with van der Waals surface area (Å²) in [5.74, 6) is -0.291. The number of pyridine rings is 1. The van der Waals surface area contributed by atoms with Crippen LogP contribution in [0.4, 0.5) is 13.2 Å². The molecule has 29 heavy (non-hydrogen) atoms. The predicted molar refractivity (Wildman–Crippen MR) is 100.0 cm³/mol. The molecule has 2 aromatic heterocycles. The van der Waals surface area contributed by atoms with Gasteiger partial charge in [-0.3, -0.25) is 9.78 Å². The summed E-state index contributed by atoms with van der Waals surface area (Å²) in [4.78, 5) is 26.4. The van der Waals surface area contributed by atoms with Gasteiger partial charge in [0, 0.05) is 54.9 Å². The summed E-state index contributed by atoms with van der Waals surface area (Å²) in [5.41, 5.74) is 0.832. The van der Waals surface area contributed by atoms with Gasteiger partial charge < -0.3 is 4.90 Å². The second-order valence-corrected chi connectivity index (χ2v) is 6.95. The van der Waals surface area contributed by atoms with Crippen LogP contribution in [0.25, 0.3) is 11.1 Å². The third-order valence-corrected chi connectivity index (χ3v) is 5.03. The molecule has 0 bridgehead atoms. The number of amides is 1. The lowest BCUT2D eigenvalue weighted by molar-refractivity contribution is -0.137. The maximum atomic E-state index is 13.4. The molecular weight excluding hydrogens is 381 g/mol. The summed E-state index contributed by atoms with van der Waals surface area (Å²) in [6.07, 6.45) is 3.76. The summed E-state index contributed by atoms with van der Waals surface area (Å²) in [6.45, 7) is 0.934.